The highest BCUT2D eigenvalue weighted by Gasteiger charge is 2.35. The van der Waals surface area contributed by atoms with Crippen LogP contribution >= 0.6 is 0 Å². The molecule has 0 radical (unpaired) electrons. The van der Waals surface area contributed by atoms with E-state index in [9.17, 15) is 9.59 Å². The Kier molecular flexibility index (Phi) is 8.24. The first kappa shape index (κ1) is 29.2. The Bertz CT molecular complexity index is 1460. The molecule has 1 fully saturated rings. The number of nitrogens with one attached hydrogen (secondary N) is 2. The quantitative estimate of drug-likeness (QED) is 0.402. The normalized spacial score (nSPS) is 18.4. The summed E-state index contributed by atoms with van der Waals surface area (Å²) in [6.45, 7) is 6.19. The molecule has 3 aromatic rings. The minimum atomic E-state index is -0.586. The number of carbonyl (C=O) groups is 2. The third-order valence-electron chi connectivity index (χ3n) is 7.44. The molecule has 0 saturated heterocycles. The molecule has 2 amide bonds. The predicted molar refractivity (Wildman–Crippen MR) is 156 cm³/mol. The van der Waals surface area contributed by atoms with Crippen molar-refractivity contribution in [1.29, 1.82) is 0 Å². The molecule has 2 aromatic heterocycles. The third-order valence-corrected chi connectivity index (χ3v) is 7.44. The average molecular weight is 578 g/mol. The number of aromatic nitrogens is 4. The Labute approximate surface area is 245 Å². The highest BCUT2D eigenvalue weighted by molar-refractivity contribution is 6.03. The van der Waals surface area contributed by atoms with Gasteiger partial charge < -0.3 is 29.7 Å². The van der Waals surface area contributed by atoms with Crippen LogP contribution in [0, 0.1) is 0 Å². The SMILES string of the molecule is COc1ccc(CN2Cc3nc(N[C@H]4CCCC[C@H]4NC(=O)OC(C)(C)C)nc(-c4cnn(C)c4)c3C2=O)c(OC)c1. The lowest BCUT2D eigenvalue weighted by molar-refractivity contribution is 0.0488. The molecule has 224 valence electrons. The number of alkyl carbamates (subject to hydrolysis) is 1. The molecule has 5 rings (SSSR count). The second-order valence-corrected chi connectivity index (χ2v) is 11.7. The number of carbonyl (C=O) groups excluding carboxylic acids is 2. The molecule has 0 spiro atoms. The van der Waals surface area contributed by atoms with E-state index in [0.29, 0.717) is 47.5 Å². The van der Waals surface area contributed by atoms with Gasteiger partial charge in [-0.3, -0.25) is 9.48 Å². The second-order valence-electron chi connectivity index (χ2n) is 11.7. The maximum absolute atomic E-state index is 13.8. The summed E-state index contributed by atoms with van der Waals surface area (Å²) in [5, 5.41) is 10.8. The van der Waals surface area contributed by atoms with E-state index in [2.05, 4.69) is 15.7 Å². The van der Waals surface area contributed by atoms with E-state index in [0.717, 1.165) is 36.8 Å². The Morgan fingerprint density at radius 1 is 1.10 bits per heavy atom. The predicted octanol–water partition coefficient (Wildman–Crippen LogP) is 4.30. The number of fused-ring (bicyclic) bond motifs is 1. The third kappa shape index (κ3) is 6.42. The summed E-state index contributed by atoms with van der Waals surface area (Å²) in [7, 11) is 5.02. The zero-order valence-corrected chi connectivity index (χ0v) is 25.1. The van der Waals surface area contributed by atoms with Crippen molar-refractivity contribution in [3.05, 3.63) is 47.4 Å². The van der Waals surface area contributed by atoms with Gasteiger partial charge in [0.2, 0.25) is 5.95 Å². The largest absolute Gasteiger partial charge is 0.497 e. The van der Waals surface area contributed by atoms with Gasteiger partial charge in [0.25, 0.3) is 5.91 Å². The molecular formula is C30H39N7O5. The maximum Gasteiger partial charge on any atom is 0.407 e. The maximum atomic E-state index is 13.8. The molecule has 0 bridgehead atoms. The topological polar surface area (TPSA) is 133 Å². The van der Waals surface area contributed by atoms with E-state index in [1.165, 1.54) is 0 Å². The van der Waals surface area contributed by atoms with Gasteiger partial charge in [-0.15, -0.1) is 0 Å². The van der Waals surface area contributed by atoms with E-state index >= 15 is 0 Å². The van der Waals surface area contributed by atoms with E-state index in [4.69, 9.17) is 24.2 Å². The summed E-state index contributed by atoms with van der Waals surface area (Å²) >= 11 is 0. The van der Waals surface area contributed by atoms with Crippen LogP contribution in [0.5, 0.6) is 11.5 Å². The lowest BCUT2D eigenvalue weighted by Crippen LogP contribution is -2.50. The van der Waals surface area contributed by atoms with Gasteiger partial charge in [0.15, 0.2) is 0 Å². The van der Waals surface area contributed by atoms with E-state index < -0.39 is 11.7 Å². The number of methoxy groups -OCH3 is 2. The Morgan fingerprint density at radius 2 is 1.86 bits per heavy atom. The number of aryl methyl sites for hydroxylation is 1. The van der Waals surface area contributed by atoms with Crippen molar-refractivity contribution >= 4 is 17.9 Å². The fourth-order valence-electron chi connectivity index (χ4n) is 5.49. The van der Waals surface area contributed by atoms with Crippen LogP contribution in [0.15, 0.2) is 30.6 Å². The molecule has 2 aliphatic rings. The number of nitrogens with zero attached hydrogens (tertiary/aromatic N) is 5. The van der Waals surface area contributed by atoms with E-state index in [1.54, 1.807) is 36.1 Å². The lowest BCUT2D eigenvalue weighted by atomic mass is 9.90. The van der Waals surface area contributed by atoms with Gasteiger partial charge in [0.05, 0.1) is 56.5 Å². The summed E-state index contributed by atoms with van der Waals surface area (Å²) < 4.78 is 18.1. The summed E-state index contributed by atoms with van der Waals surface area (Å²) in [6, 6.07) is 5.31. The van der Waals surface area contributed by atoms with E-state index in [-0.39, 0.29) is 18.0 Å². The monoisotopic (exact) mass is 577 g/mol. The first-order valence-corrected chi connectivity index (χ1v) is 14.2. The molecule has 12 heteroatoms. The van der Waals surface area contributed by atoms with Crippen molar-refractivity contribution in [2.45, 2.75) is 77.2 Å². The van der Waals surface area contributed by atoms with Crippen LogP contribution in [0.4, 0.5) is 10.7 Å². The van der Waals surface area contributed by atoms with Gasteiger partial charge in [-0.1, -0.05) is 12.8 Å². The number of benzene rings is 1. The molecule has 1 aromatic carbocycles. The number of anilines is 1. The van der Waals surface area contributed by atoms with Crippen molar-refractivity contribution in [2.75, 3.05) is 19.5 Å². The minimum Gasteiger partial charge on any atom is -0.497 e. The molecule has 42 heavy (non-hydrogen) atoms. The van der Waals surface area contributed by atoms with Crippen molar-refractivity contribution in [2.24, 2.45) is 7.05 Å². The smallest absolute Gasteiger partial charge is 0.407 e. The Hall–Kier alpha value is -4.35. The highest BCUT2D eigenvalue weighted by Crippen LogP contribution is 2.34. The summed E-state index contributed by atoms with van der Waals surface area (Å²) in [5.41, 5.74) is 2.62. The first-order valence-electron chi connectivity index (χ1n) is 14.2. The van der Waals surface area contributed by atoms with Gasteiger partial charge in [0.1, 0.15) is 17.1 Å². The first-order chi connectivity index (χ1) is 20.0. The lowest BCUT2D eigenvalue weighted by Gasteiger charge is -2.33. The van der Waals surface area contributed by atoms with Gasteiger partial charge in [0, 0.05) is 36.5 Å². The van der Waals surface area contributed by atoms with Crippen LogP contribution < -0.4 is 20.1 Å². The molecule has 0 unspecified atom stereocenters. The number of ether oxygens (including phenoxy) is 3. The number of hydrogen-bond donors (Lipinski definition) is 2. The standard InChI is InChI=1S/C30H39N7O5/c1-30(2,3)42-29(39)34-22-10-8-7-9-21(22)32-28-33-23-17-37(16-18-11-12-20(40-5)13-24(18)41-6)27(38)25(23)26(35-28)19-14-31-36(4)15-19/h11-15,21-22H,7-10,16-17H2,1-6H3,(H,34,39)(H,32,33,35)/t21-,22+/m0/s1. The summed E-state index contributed by atoms with van der Waals surface area (Å²) in [5.74, 6) is 1.57. The number of hydrogen-bond acceptors (Lipinski definition) is 9. The van der Waals surface area contributed by atoms with Crippen LogP contribution in [-0.4, -0.2) is 68.6 Å². The molecule has 1 saturated carbocycles. The van der Waals surface area contributed by atoms with Crippen LogP contribution in [0.1, 0.15) is 68.1 Å². The molecule has 1 aliphatic heterocycles. The zero-order valence-electron chi connectivity index (χ0n) is 25.1. The minimum absolute atomic E-state index is 0.0946. The van der Waals surface area contributed by atoms with Gasteiger partial charge >= 0.3 is 6.09 Å². The molecular weight excluding hydrogens is 538 g/mol. The molecule has 3 heterocycles. The molecule has 12 nitrogen and oxygen atoms in total. The number of amides is 2. The fraction of sp³-hybridized carbons (Fsp3) is 0.500. The second kappa shape index (κ2) is 11.9. The Balaban J connectivity index is 1.43. The number of rotatable bonds is 8. The van der Waals surface area contributed by atoms with Crippen LogP contribution in [0.25, 0.3) is 11.3 Å². The van der Waals surface area contributed by atoms with Crippen LogP contribution in [-0.2, 0) is 24.9 Å². The van der Waals surface area contributed by atoms with Crippen molar-refractivity contribution in [3.63, 3.8) is 0 Å². The summed E-state index contributed by atoms with van der Waals surface area (Å²) in [4.78, 5) is 37.7. The summed E-state index contributed by atoms with van der Waals surface area (Å²) in [6.07, 6.45) is 6.76. The Morgan fingerprint density at radius 3 is 2.52 bits per heavy atom. The molecule has 1 aliphatic carbocycles. The zero-order chi connectivity index (χ0) is 30.0. The molecule has 2 atom stereocenters. The average Bonchev–Trinajstić information content (AvgIpc) is 3.51. The van der Waals surface area contributed by atoms with Crippen LogP contribution in [0.2, 0.25) is 0 Å². The van der Waals surface area contributed by atoms with Gasteiger partial charge in [-0.25, -0.2) is 14.8 Å². The van der Waals surface area contributed by atoms with Crippen LogP contribution in [0.3, 0.4) is 0 Å². The van der Waals surface area contributed by atoms with E-state index in [1.807, 2.05) is 46.1 Å². The highest BCUT2D eigenvalue weighted by atomic mass is 16.6. The van der Waals surface area contributed by atoms with Gasteiger partial charge in [-0.2, -0.15) is 5.10 Å². The fourth-order valence-corrected chi connectivity index (χ4v) is 5.49. The van der Waals surface area contributed by atoms with Crippen molar-refractivity contribution in [1.82, 2.24) is 30.0 Å². The molecule has 2 N–H and O–H groups in total. The van der Waals surface area contributed by atoms with Crippen molar-refractivity contribution in [3.8, 4) is 22.8 Å². The van der Waals surface area contributed by atoms with Crippen molar-refractivity contribution < 1.29 is 23.8 Å². The van der Waals surface area contributed by atoms with Gasteiger partial charge in [-0.05, 0) is 45.7 Å².